The Morgan fingerprint density at radius 1 is 1.41 bits per heavy atom. The molecule has 96 valence electrons. The summed E-state index contributed by atoms with van der Waals surface area (Å²) in [6.45, 7) is 10.8. The fourth-order valence-corrected chi connectivity index (χ4v) is 1.93. The minimum Gasteiger partial charge on any atom is -0.376 e. The van der Waals surface area contributed by atoms with Gasteiger partial charge in [0.15, 0.2) is 5.82 Å². The summed E-state index contributed by atoms with van der Waals surface area (Å²) in [4.78, 5) is 6.73. The second kappa shape index (κ2) is 5.14. The normalized spacial score (nSPS) is 26.6. The van der Waals surface area contributed by atoms with Gasteiger partial charge >= 0.3 is 0 Å². The number of nitrogens with zero attached hydrogens (tertiary/aromatic N) is 3. The van der Waals surface area contributed by atoms with E-state index in [1.54, 1.807) is 0 Å². The molecule has 0 radical (unpaired) electrons. The first-order valence-corrected chi connectivity index (χ1v) is 6.24. The number of morpholine rings is 1. The van der Waals surface area contributed by atoms with Gasteiger partial charge in [0.25, 0.3) is 0 Å². The molecule has 0 amide bonds. The predicted octanol–water partition coefficient (Wildman–Crippen LogP) is 1.80. The molecule has 17 heavy (non-hydrogen) atoms. The zero-order chi connectivity index (χ0) is 12.4. The molecule has 5 nitrogen and oxygen atoms in total. The van der Waals surface area contributed by atoms with E-state index in [2.05, 4.69) is 42.7 Å². The van der Waals surface area contributed by atoms with E-state index < -0.39 is 0 Å². The van der Waals surface area contributed by atoms with E-state index in [9.17, 15) is 0 Å². The summed E-state index contributed by atoms with van der Waals surface area (Å²) in [5.41, 5.74) is 0. The lowest BCUT2D eigenvalue weighted by molar-refractivity contribution is -0.0555. The summed E-state index contributed by atoms with van der Waals surface area (Å²) in [6, 6.07) is 0.403. The van der Waals surface area contributed by atoms with Crippen LogP contribution in [-0.2, 0) is 11.3 Å². The van der Waals surface area contributed by atoms with Gasteiger partial charge in [-0.3, -0.25) is 4.90 Å². The van der Waals surface area contributed by atoms with Crippen LogP contribution in [0.2, 0.25) is 0 Å². The van der Waals surface area contributed by atoms with Crippen molar-refractivity contribution in [2.75, 3.05) is 13.2 Å². The monoisotopic (exact) mass is 239 g/mol. The van der Waals surface area contributed by atoms with Crippen LogP contribution < -0.4 is 0 Å². The van der Waals surface area contributed by atoms with E-state index in [1.807, 2.05) is 0 Å². The van der Waals surface area contributed by atoms with Crippen molar-refractivity contribution in [3.8, 4) is 0 Å². The van der Waals surface area contributed by atoms with Gasteiger partial charge in [0, 0.05) is 18.5 Å². The molecule has 2 rings (SSSR count). The average molecular weight is 239 g/mol. The quantitative estimate of drug-likeness (QED) is 0.805. The van der Waals surface area contributed by atoms with Crippen LogP contribution in [0.4, 0.5) is 0 Å². The third kappa shape index (κ3) is 3.04. The lowest BCUT2D eigenvalue weighted by atomic mass is 10.2. The van der Waals surface area contributed by atoms with Crippen LogP contribution >= 0.6 is 0 Å². The maximum atomic E-state index is 5.59. The van der Waals surface area contributed by atoms with Crippen molar-refractivity contribution in [1.29, 1.82) is 0 Å². The average Bonchev–Trinajstić information content (AvgIpc) is 2.72. The fourth-order valence-electron chi connectivity index (χ4n) is 1.93. The molecule has 1 aliphatic heterocycles. The molecule has 2 heterocycles. The lowest BCUT2D eigenvalue weighted by Crippen LogP contribution is -2.46. The third-order valence-electron chi connectivity index (χ3n) is 3.08. The van der Waals surface area contributed by atoms with Gasteiger partial charge in [-0.2, -0.15) is 4.98 Å². The Bertz CT molecular complexity index is 364. The Hall–Kier alpha value is -0.940. The van der Waals surface area contributed by atoms with Gasteiger partial charge in [0.2, 0.25) is 5.89 Å². The first kappa shape index (κ1) is 12.5. The first-order valence-electron chi connectivity index (χ1n) is 6.24. The number of hydrogen-bond acceptors (Lipinski definition) is 5. The number of hydrogen-bond donors (Lipinski definition) is 0. The van der Waals surface area contributed by atoms with Crippen molar-refractivity contribution in [2.45, 2.75) is 52.3 Å². The van der Waals surface area contributed by atoms with E-state index in [4.69, 9.17) is 9.26 Å². The van der Waals surface area contributed by atoms with Crippen molar-refractivity contribution >= 4 is 0 Å². The highest BCUT2D eigenvalue weighted by Crippen LogP contribution is 2.16. The molecule has 0 saturated carbocycles. The van der Waals surface area contributed by atoms with Gasteiger partial charge in [0.05, 0.1) is 19.3 Å². The standard InChI is InChI=1S/C12H21N3O2/c1-8(2)12-13-11(17-14-12)6-15-5-10(4)16-7-9(15)3/h8-10H,5-7H2,1-4H3/t9-,10+/m1/s1. The molecule has 1 saturated heterocycles. The molecular weight excluding hydrogens is 218 g/mol. The zero-order valence-corrected chi connectivity index (χ0v) is 11.0. The van der Waals surface area contributed by atoms with E-state index in [0.29, 0.717) is 24.4 Å². The molecular formula is C12H21N3O2. The maximum Gasteiger partial charge on any atom is 0.240 e. The second-order valence-corrected chi connectivity index (χ2v) is 5.12. The minimum atomic E-state index is 0.277. The van der Waals surface area contributed by atoms with Crippen LogP contribution in [-0.4, -0.2) is 40.3 Å². The molecule has 0 aromatic carbocycles. The summed E-state index contributed by atoms with van der Waals surface area (Å²) in [5.74, 6) is 1.80. The molecule has 1 aromatic heterocycles. The summed E-state index contributed by atoms with van der Waals surface area (Å²) < 4.78 is 10.9. The van der Waals surface area contributed by atoms with Crippen molar-refractivity contribution < 1.29 is 9.26 Å². The van der Waals surface area contributed by atoms with Crippen LogP contribution in [0.25, 0.3) is 0 Å². The molecule has 0 spiro atoms. The highest BCUT2D eigenvalue weighted by atomic mass is 16.5. The van der Waals surface area contributed by atoms with E-state index in [1.165, 1.54) is 0 Å². The highest BCUT2D eigenvalue weighted by molar-refractivity contribution is 4.92. The topological polar surface area (TPSA) is 51.4 Å². The molecule has 1 aliphatic rings. The van der Waals surface area contributed by atoms with Gasteiger partial charge in [-0.15, -0.1) is 0 Å². The van der Waals surface area contributed by atoms with Crippen LogP contribution in [0, 0.1) is 0 Å². The minimum absolute atomic E-state index is 0.277. The van der Waals surface area contributed by atoms with Crippen molar-refractivity contribution in [3.05, 3.63) is 11.7 Å². The molecule has 0 N–H and O–H groups in total. The Labute approximate surface area is 102 Å². The van der Waals surface area contributed by atoms with Gasteiger partial charge < -0.3 is 9.26 Å². The maximum absolute atomic E-state index is 5.59. The van der Waals surface area contributed by atoms with E-state index in [0.717, 1.165) is 19.0 Å². The first-order chi connectivity index (χ1) is 8.06. The Balaban J connectivity index is 1.98. The third-order valence-corrected chi connectivity index (χ3v) is 3.08. The lowest BCUT2D eigenvalue weighted by Gasteiger charge is -2.35. The zero-order valence-electron chi connectivity index (χ0n) is 11.0. The molecule has 0 bridgehead atoms. The second-order valence-electron chi connectivity index (χ2n) is 5.12. The number of aromatic nitrogens is 2. The van der Waals surface area contributed by atoms with Gasteiger partial charge in [-0.05, 0) is 13.8 Å². The largest absolute Gasteiger partial charge is 0.376 e. The van der Waals surface area contributed by atoms with Gasteiger partial charge in [-0.1, -0.05) is 19.0 Å². The van der Waals surface area contributed by atoms with Crippen LogP contribution in [0.5, 0.6) is 0 Å². The Morgan fingerprint density at radius 2 is 2.18 bits per heavy atom. The van der Waals surface area contributed by atoms with Crippen molar-refractivity contribution in [3.63, 3.8) is 0 Å². The summed E-state index contributed by atoms with van der Waals surface area (Å²) >= 11 is 0. The molecule has 1 fully saturated rings. The number of rotatable bonds is 3. The Kier molecular flexibility index (Phi) is 3.79. The molecule has 5 heteroatoms. The van der Waals surface area contributed by atoms with Crippen molar-refractivity contribution in [1.82, 2.24) is 15.0 Å². The van der Waals surface area contributed by atoms with Crippen LogP contribution in [0.1, 0.15) is 45.3 Å². The van der Waals surface area contributed by atoms with Gasteiger partial charge in [-0.25, -0.2) is 0 Å². The van der Waals surface area contributed by atoms with Gasteiger partial charge in [0.1, 0.15) is 0 Å². The van der Waals surface area contributed by atoms with E-state index in [-0.39, 0.29) is 6.10 Å². The SMILES string of the molecule is CC(C)c1noc(CN2C[C@H](C)OC[C@H]2C)n1. The highest BCUT2D eigenvalue weighted by Gasteiger charge is 2.25. The van der Waals surface area contributed by atoms with Crippen LogP contribution in [0.3, 0.4) is 0 Å². The Morgan fingerprint density at radius 3 is 2.82 bits per heavy atom. The number of ether oxygens (including phenoxy) is 1. The van der Waals surface area contributed by atoms with Crippen molar-refractivity contribution in [2.24, 2.45) is 0 Å². The van der Waals surface area contributed by atoms with E-state index >= 15 is 0 Å². The predicted molar refractivity (Wildman–Crippen MR) is 63.7 cm³/mol. The fraction of sp³-hybridized carbons (Fsp3) is 0.833. The summed E-state index contributed by atoms with van der Waals surface area (Å²) in [5, 5.41) is 3.98. The molecule has 2 atom stereocenters. The summed E-state index contributed by atoms with van der Waals surface area (Å²) in [7, 11) is 0. The van der Waals surface area contributed by atoms with Crippen LogP contribution in [0.15, 0.2) is 4.52 Å². The molecule has 0 aliphatic carbocycles. The smallest absolute Gasteiger partial charge is 0.240 e. The molecule has 1 aromatic rings. The molecule has 0 unspecified atom stereocenters. The summed E-state index contributed by atoms with van der Waals surface area (Å²) in [6.07, 6.45) is 0.277.